The zero-order valence-electron chi connectivity index (χ0n) is 19.7. The molecular weight excluding hydrogens is 483 g/mol. The van der Waals surface area contributed by atoms with Crippen molar-refractivity contribution in [2.24, 2.45) is 0 Å². The van der Waals surface area contributed by atoms with Gasteiger partial charge in [-0.1, -0.05) is 19.1 Å². The Labute approximate surface area is 241 Å². The Bertz CT molecular complexity index is 1260. The molecule has 1 aliphatic heterocycles. The van der Waals surface area contributed by atoms with Gasteiger partial charge < -0.3 is 37.7 Å². The molecule has 4 rings (SSSR count). The van der Waals surface area contributed by atoms with Gasteiger partial charge in [0.2, 0.25) is 5.43 Å². The fourth-order valence-electron chi connectivity index (χ4n) is 3.74. The molecule has 0 N–H and O–H groups in total. The molecule has 2 aromatic carbocycles. The van der Waals surface area contributed by atoms with Gasteiger partial charge in [-0.25, -0.2) is 0 Å². The van der Waals surface area contributed by atoms with Gasteiger partial charge in [-0.05, 0) is 30.2 Å². The van der Waals surface area contributed by atoms with Gasteiger partial charge >= 0.3 is 59.1 Å². The summed E-state index contributed by atoms with van der Waals surface area (Å²) in [5.74, 6) is 1.46. The largest absolute Gasteiger partial charge is 1.00 e. The van der Waals surface area contributed by atoms with Gasteiger partial charge in [0.05, 0.1) is 33.5 Å². The van der Waals surface area contributed by atoms with E-state index in [-0.39, 0.29) is 69.9 Å². The number of benzene rings is 2. The van der Waals surface area contributed by atoms with E-state index in [4.69, 9.17) is 14.2 Å². The molecule has 0 unspecified atom stereocenters. The van der Waals surface area contributed by atoms with E-state index in [0.717, 1.165) is 12.0 Å². The van der Waals surface area contributed by atoms with Crippen molar-refractivity contribution in [2.45, 2.75) is 26.5 Å². The van der Waals surface area contributed by atoms with Gasteiger partial charge in [0, 0.05) is 23.7 Å². The van der Waals surface area contributed by atoms with Crippen LogP contribution in [0.1, 0.15) is 18.9 Å². The van der Waals surface area contributed by atoms with Crippen molar-refractivity contribution in [3.8, 4) is 28.4 Å². The standard InChI is InChI=1S/C22H24NO8P.2Na/c1-3-9-29-18-11-15-8-10-30-22(15)19-20(18)23(13-31-32(25,26)27)12-17(21(19)24)14-4-6-16(28-2)7-5-14;;/h4-7,11-12H,3,8-10,13H2,1-2H3,(H2,25,26,27);;/q;2*+1/p-2. The van der Waals surface area contributed by atoms with Crippen LogP contribution < -0.4 is 88.5 Å². The van der Waals surface area contributed by atoms with Crippen LogP contribution in [0.25, 0.3) is 22.0 Å². The Kier molecular flexibility index (Phi) is 10.7. The molecule has 3 aromatic rings. The van der Waals surface area contributed by atoms with E-state index in [0.29, 0.717) is 53.5 Å². The van der Waals surface area contributed by atoms with Gasteiger partial charge in [-0.2, -0.15) is 0 Å². The summed E-state index contributed by atoms with van der Waals surface area (Å²) in [7, 11) is -3.72. The molecule has 9 nitrogen and oxygen atoms in total. The van der Waals surface area contributed by atoms with E-state index in [1.165, 1.54) is 17.9 Å². The Hall–Kier alpha value is -0.840. The van der Waals surface area contributed by atoms with Crippen molar-refractivity contribution in [1.29, 1.82) is 0 Å². The fourth-order valence-corrected chi connectivity index (χ4v) is 4.01. The number of phosphoric acid groups is 1. The first kappa shape index (κ1) is 29.4. The predicted octanol–water partition coefficient (Wildman–Crippen LogP) is -3.79. The van der Waals surface area contributed by atoms with Crippen LogP contribution in [0.15, 0.2) is 41.3 Å². The summed E-state index contributed by atoms with van der Waals surface area (Å²) in [6, 6.07) is 8.65. The van der Waals surface area contributed by atoms with Crippen LogP contribution >= 0.6 is 7.82 Å². The molecule has 0 atom stereocenters. The summed E-state index contributed by atoms with van der Waals surface area (Å²) in [6.45, 7) is 2.15. The molecule has 0 saturated heterocycles. The average molecular weight is 505 g/mol. The quantitative estimate of drug-likeness (QED) is 0.226. The molecule has 12 heteroatoms. The van der Waals surface area contributed by atoms with Gasteiger partial charge in [0.15, 0.2) is 0 Å². The third kappa shape index (κ3) is 6.28. The van der Waals surface area contributed by atoms with Crippen molar-refractivity contribution in [3.05, 3.63) is 52.3 Å². The molecular formula is C22H22NNa2O8P. The van der Waals surface area contributed by atoms with Gasteiger partial charge in [0.25, 0.3) is 0 Å². The Morgan fingerprint density at radius 2 is 1.88 bits per heavy atom. The van der Waals surface area contributed by atoms with Crippen LogP contribution in [-0.2, 0) is 22.2 Å². The van der Waals surface area contributed by atoms with Crippen LogP contribution in [0.4, 0.5) is 0 Å². The number of aromatic nitrogens is 1. The summed E-state index contributed by atoms with van der Waals surface area (Å²) >= 11 is 0. The van der Waals surface area contributed by atoms with Crippen LogP contribution in [0.2, 0.25) is 0 Å². The maximum absolute atomic E-state index is 13.6. The minimum atomic E-state index is -5.26. The molecule has 34 heavy (non-hydrogen) atoms. The number of hydrogen-bond donors (Lipinski definition) is 0. The van der Waals surface area contributed by atoms with E-state index in [1.807, 2.05) is 6.92 Å². The third-order valence-corrected chi connectivity index (χ3v) is 5.61. The maximum Gasteiger partial charge on any atom is 1.00 e. The van der Waals surface area contributed by atoms with Crippen molar-refractivity contribution >= 4 is 18.7 Å². The van der Waals surface area contributed by atoms with Gasteiger partial charge in [-0.3, -0.25) is 4.79 Å². The topological polar surface area (TPSA) is 122 Å². The number of pyridine rings is 1. The second-order valence-electron chi connectivity index (χ2n) is 7.31. The summed E-state index contributed by atoms with van der Waals surface area (Å²) in [5, 5.41) is 0.259. The number of rotatable bonds is 8. The van der Waals surface area contributed by atoms with Gasteiger partial charge in [0.1, 0.15) is 29.5 Å². The smallest absolute Gasteiger partial charge is 0.790 e. The molecule has 0 aliphatic carbocycles. The Morgan fingerprint density at radius 1 is 1.18 bits per heavy atom. The van der Waals surface area contributed by atoms with E-state index < -0.39 is 14.6 Å². The van der Waals surface area contributed by atoms with Crippen LogP contribution in [0, 0.1) is 0 Å². The first-order chi connectivity index (χ1) is 15.3. The van der Waals surface area contributed by atoms with E-state index in [9.17, 15) is 19.1 Å². The molecule has 1 aliphatic rings. The Balaban J connectivity index is 0.00000204. The summed E-state index contributed by atoms with van der Waals surface area (Å²) in [5.41, 5.74) is 1.73. The van der Waals surface area contributed by atoms with Gasteiger partial charge in [-0.15, -0.1) is 0 Å². The zero-order valence-corrected chi connectivity index (χ0v) is 24.6. The van der Waals surface area contributed by atoms with Crippen molar-refractivity contribution in [3.63, 3.8) is 0 Å². The number of methoxy groups -OCH3 is 1. The molecule has 170 valence electrons. The summed E-state index contributed by atoms with van der Waals surface area (Å²) in [4.78, 5) is 36.0. The van der Waals surface area contributed by atoms with E-state index in [2.05, 4.69) is 4.52 Å². The normalized spacial score (nSPS) is 12.4. The second kappa shape index (κ2) is 12.4. The fraction of sp³-hybridized carbons (Fsp3) is 0.318. The first-order valence-electron chi connectivity index (χ1n) is 10.1. The predicted molar refractivity (Wildman–Crippen MR) is 114 cm³/mol. The zero-order chi connectivity index (χ0) is 22.9. The molecule has 0 radical (unpaired) electrons. The van der Waals surface area contributed by atoms with Crippen LogP contribution in [-0.4, -0.2) is 24.9 Å². The molecule has 0 spiro atoms. The molecule has 0 bridgehead atoms. The number of ether oxygens (including phenoxy) is 3. The van der Waals surface area contributed by atoms with Crippen LogP contribution in [0.5, 0.6) is 17.2 Å². The van der Waals surface area contributed by atoms with E-state index >= 15 is 0 Å². The van der Waals surface area contributed by atoms with Crippen molar-refractivity contribution < 1.29 is 92.2 Å². The second-order valence-corrected chi connectivity index (χ2v) is 8.46. The molecule has 2 heterocycles. The van der Waals surface area contributed by atoms with Crippen molar-refractivity contribution in [2.75, 3.05) is 20.3 Å². The number of phosphoric ester groups is 1. The minimum absolute atomic E-state index is 0. The molecule has 0 amide bonds. The van der Waals surface area contributed by atoms with Crippen LogP contribution in [0.3, 0.4) is 0 Å². The van der Waals surface area contributed by atoms with Crippen molar-refractivity contribution in [1.82, 2.24) is 4.57 Å². The minimum Gasteiger partial charge on any atom is -0.790 e. The third-order valence-electron chi connectivity index (χ3n) is 5.17. The Morgan fingerprint density at radius 3 is 2.50 bits per heavy atom. The average Bonchev–Trinajstić information content (AvgIpc) is 3.24. The monoisotopic (exact) mass is 505 g/mol. The number of nitrogens with zero attached hydrogens (tertiary/aromatic N) is 1. The summed E-state index contributed by atoms with van der Waals surface area (Å²) in [6.07, 6.45) is 2.81. The number of hydrogen-bond acceptors (Lipinski definition) is 8. The maximum atomic E-state index is 13.6. The molecule has 0 saturated carbocycles. The first-order valence-corrected chi connectivity index (χ1v) is 11.6. The summed E-state index contributed by atoms with van der Waals surface area (Å²) < 4.78 is 34.0. The molecule has 1 aromatic heterocycles. The SMILES string of the molecule is CCCOc1cc2c(c3c(=O)c(-c4ccc(OC)cc4)cn(COP(=O)([O-])[O-])c13)OCC2.[Na+].[Na+]. The number of fused-ring (bicyclic) bond motifs is 3. The van der Waals surface area contributed by atoms with E-state index in [1.54, 1.807) is 30.3 Å². The molecule has 0 fully saturated rings.